The first-order valence-electron chi connectivity index (χ1n) is 11.5. The van der Waals surface area contributed by atoms with Gasteiger partial charge in [0.05, 0.1) is 10.0 Å². The van der Waals surface area contributed by atoms with Crippen LogP contribution in [0.3, 0.4) is 0 Å². The molecule has 1 N–H and O–H groups in total. The lowest BCUT2D eigenvalue weighted by Gasteiger charge is -2.37. The molecule has 7 heteroatoms. The Hall–Kier alpha value is -1.79. The molecular formula is C25H34Cl2N4O. The Kier molecular flexibility index (Phi) is 9.23. The summed E-state index contributed by atoms with van der Waals surface area (Å²) in [6.07, 6.45) is 0. The lowest BCUT2D eigenvalue weighted by Crippen LogP contribution is -2.50. The van der Waals surface area contributed by atoms with Crippen molar-refractivity contribution in [2.45, 2.75) is 40.3 Å². The maximum Gasteiger partial charge on any atom is 0.295 e. The number of hydrogen-bond acceptors (Lipinski definition) is 5. The standard InChI is InChI=1S/C23H28Cl2N4O.C2H6/c1-16(2)21(27-23-26-20-5-3-4-6-22(20)30-23)15-29-11-9-28(10-12-29)14-17-7-8-18(24)19(25)13-17;1-2/h3-8,13,16,21H,9-12,14-15H2,1-2H3,(H,26,27);1-2H3. The van der Waals surface area contributed by atoms with Gasteiger partial charge in [0, 0.05) is 45.3 Å². The molecule has 4 rings (SSSR count). The molecule has 1 aromatic heterocycles. The fourth-order valence-electron chi connectivity index (χ4n) is 3.82. The van der Waals surface area contributed by atoms with Crippen molar-refractivity contribution in [2.24, 2.45) is 5.92 Å². The molecule has 0 amide bonds. The number of anilines is 1. The van der Waals surface area contributed by atoms with Crippen molar-refractivity contribution < 1.29 is 4.42 Å². The Morgan fingerprint density at radius 1 is 0.969 bits per heavy atom. The normalized spacial score (nSPS) is 16.1. The number of aromatic nitrogens is 1. The van der Waals surface area contributed by atoms with Gasteiger partial charge in [-0.25, -0.2) is 0 Å². The van der Waals surface area contributed by atoms with Gasteiger partial charge in [0.15, 0.2) is 5.58 Å². The summed E-state index contributed by atoms with van der Waals surface area (Å²) in [6.45, 7) is 14.5. The van der Waals surface area contributed by atoms with Gasteiger partial charge in [-0.1, -0.05) is 69.1 Å². The Balaban J connectivity index is 0.00000141. The molecular weight excluding hydrogens is 443 g/mol. The number of benzene rings is 2. The van der Waals surface area contributed by atoms with Crippen LogP contribution in [0.2, 0.25) is 10.0 Å². The van der Waals surface area contributed by atoms with Gasteiger partial charge in [0.1, 0.15) is 5.52 Å². The maximum absolute atomic E-state index is 6.16. The third kappa shape index (κ3) is 6.61. The van der Waals surface area contributed by atoms with E-state index in [1.807, 2.05) is 50.2 Å². The third-order valence-corrected chi connectivity index (χ3v) is 6.46. The van der Waals surface area contributed by atoms with E-state index in [-0.39, 0.29) is 6.04 Å². The van der Waals surface area contributed by atoms with Crippen LogP contribution in [0, 0.1) is 5.92 Å². The molecule has 5 nitrogen and oxygen atoms in total. The first-order valence-corrected chi connectivity index (χ1v) is 12.2. The van der Waals surface area contributed by atoms with Gasteiger partial charge in [-0.3, -0.25) is 9.80 Å². The van der Waals surface area contributed by atoms with Crippen LogP contribution in [-0.4, -0.2) is 53.5 Å². The van der Waals surface area contributed by atoms with Gasteiger partial charge >= 0.3 is 0 Å². The summed E-state index contributed by atoms with van der Waals surface area (Å²) in [7, 11) is 0. The number of hydrogen-bond donors (Lipinski definition) is 1. The van der Waals surface area contributed by atoms with Gasteiger partial charge in [-0.15, -0.1) is 0 Å². The Bertz CT molecular complexity index is 950. The van der Waals surface area contributed by atoms with E-state index in [1.165, 1.54) is 5.56 Å². The van der Waals surface area contributed by atoms with Gasteiger partial charge in [-0.05, 0) is 35.7 Å². The van der Waals surface area contributed by atoms with E-state index in [4.69, 9.17) is 27.6 Å². The number of nitrogens with one attached hydrogen (secondary N) is 1. The van der Waals surface area contributed by atoms with E-state index >= 15 is 0 Å². The summed E-state index contributed by atoms with van der Waals surface area (Å²) in [6, 6.07) is 14.6. The van der Waals surface area contributed by atoms with Crippen LogP contribution in [0.15, 0.2) is 46.9 Å². The largest absolute Gasteiger partial charge is 0.424 e. The number of nitrogens with zero attached hydrogens (tertiary/aromatic N) is 3. The molecule has 1 fully saturated rings. The van der Waals surface area contributed by atoms with Crippen molar-refractivity contribution in [1.29, 1.82) is 0 Å². The van der Waals surface area contributed by atoms with Gasteiger partial charge in [-0.2, -0.15) is 4.98 Å². The molecule has 3 aromatic rings. The Morgan fingerprint density at radius 2 is 1.66 bits per heavy atom. The summed E-state index contributed by atoms with van der Waals surface area (Å²) in [4.78, 5) is 9.56. The first-order chi connectivity index (χ1) is 15.5. The monoisotopic (exact) mass is 476 g/mol. The smallest absolute Gasteiger partial charge is 0.295 e. The number of para-hydroxylation sites is 2. The van der Waals surface area contributed by atoms with Crippen LogP contribution in [0.5, 0.6) is 0 Å². The third-order valence-electron chi connectivity index (χ3n) is 5.72. The highest BCUT2D eigenvalue weighted by molar-refractivity contribution is 6.42. The fraction of sp³-hybridized carbons (Fsp3) is 0.480. The summed E-state index contributed by atoms with van der Waals surface area (Å²) >= 11 is 12.2. The van der Waals surface area contributed by atoms with Gasteiger partial charge in [0.2, 0.25) is 0 Å². The molecule has 1 aliphatic rings. The lowest BCUT2D eigenvalue weighted by molar-refractivity contribution is 0.119. The maximum atomic E-state index is 6.16. The second-order valence-electron chi connectivity index (χ2n) is 8.31. The Morgan fingerprint density at radius 3 is 2.31 bits per heavy atom. The average molecular weight is 477 g/mol. The van der Waals surface area contributed by atoms with E-state index in [2.05, 4.69) is 40.0 Å². The Labute approximate surface area is 201 Å². The summed E-state index contributed by atoms with van der Waals surface area (Å²) in [5, 5.41) is 4.75. The van der Waals surface area contributed by atoms with Crippen molar-refractivity contribution >= 4 is 40.3 Å². The zero-order valence-corrected chi connectivity index (χ0v) is 21.0. The van der Waals surface area contributed by atoms with Crippen LogP contribution in [-0.2, 0) is 6.54 Å². The predicted molar refractivity (Wildman–Crippen MR) is 136 cm³/mol. The molecule has 0 spiro atoms. The number of piperazine rings is 1. The predicted octanol–water partition coefficient (Wildman–Crippen LogP) is 6.42. The highest BCUT2D eigenvalue weighted by Crippen LogP contribution is 2.24. The average Bonchev–Trinajstić information content (AvgIpc) is 3.21. The molecule has 2 heterocycles. The molecule has 1 unspecified atom stereocenters. The second kappa shape index (κ2) is 11.9. The molecule has 0 saturated carbocycles. The van der Waals surface area contributed by atoms with Gasteiger partial charge < -0.3 is 9.73 Å². The second-order valence-corrected chi connectivity index (χ2v) is 9.12. The molecule has 174 valence electrons. The van der Waals surface area contributed by atoms with Crippen molar-refractivity contribution in [3.05, 3.63) is 58.1 Å². The molecule has 0 radical (unpaired) electrons. The van der Waals surface area contributed by atoms with Crippen molar-refractivity contribution in [1.82, 2.24) is 14.8 Å². The minimum Gasteiger partial charge on any atom is -0.424 e. The molecule has 32 heavy (non-hydrogen) atoms. The van der Waals surface area contributed by atoms with Crippen molar-refractivity contribution in [3.63, 3.8) is 0 Å². The molecule has 1 atom stereocenters. The van der Waals surface area contributed by atoms with E-state index in [0.717, 1.165) is 50.4 Å². The van der Waals surface area contributed by atoms with Crippen molar-refractivity contribution in [2.75, 3.05) is 38.0 Å². The van der Waals surface area contributed by atoms with E-state index in [1.54, 1.807) is 0 Å². The number of halogens is 2. The number of oxazole rings is 1. The van der Waals surface area contributed by atoms with E-state index < -0.39 is 0 Å². The topological polar surface area (TPSA) is 44.5 Å². The fourth-order valence-corrected chi connectivity index (χ4v) is 4.14. The summed E-state index contributed by atoms with van der Waals surface area (Å²) in [5.74, 6) is 0.467. The SMILES string of the molecule is CC.CC(C)C(CN1CCN(Cc2ccc(Cl)c(Cl)c2)CC1)Nc1nc2ccccc2o1. The highest BCUT2D eigenvalue weighted by Gasteiger charge is 2.23. The van der Waals surface area contributed by atoms with Crippen LogP contribution < -0.4 is 5.32 Å². The van der Waals surface area contributed by atoms with Gasteiger partial charge in [0.25, 0.3) is 6.01 Å². The van der Waals surface area contributed by atoms with E-state index in [0.29, 0.717) is 22.0 Å². The molecule has 1 saturated heterocycles. The van der Waals surface area contributed by atoms with Crippen molar-refractivity contribution in [3.8, 4) is 0 Å². The molecule has 0 aliphatic carbocycles. The minimum atomic E-state index is 0.277. The zero-order chi connectivity index (χ0) is 23.1. The van der Waals surface area contributed by atoms with Crippen LogP contribution in [0.25, 0.3) is 11.1 Å². The summed E-state index contributed by atoms with van der Waals surface area (Å²) in [5.41, 5.74) is 2.91. The first kappa shape index (κ1) is 24.8. The van der Waals surface area contributed by atoms with Crippen LogP contribution >= 0.6 is 23.2 Å². The molecule has 2 aromatic carbocycles. The molecule has 0 bridgehead atoms. The lowest BCUT2D eigenvalue weighted by atomic mass is 10.0. The zero-order valence-electron chi connectivity index (χ0n) is 19.4. The molecule has 1 aliphatic heterocycles. The van der Waals surface area contributed by atoms with E-state index in [9.17, 15) is 0 Å². The van der Waals surface area contributed by atoms with Crippen LogP contribution in [0.1, 0.15) is 33.3 Å². The number of rotatable bonds is 7. The van der Waals surface area contributed by atoms with Crippen LogP contribution in [0.4, 0.5) is 6.01 Å². The quantitative estimate of drug-likeness (QED) is 0.426. The highest BCUT2D eigenvalue weighted by atomic mass is 35.5. The number of fused-ring (bicyclic) bond motifs is 1. The summed E-state index contributed by atoms with van der Waals surface area (Å²) < 4.78 is 5.87. The minimum absolute atomic E-state index is 0.277.